The summed E-state index contributed by atoms with van der Waals surface area (Å²) in [6.07, 6.45) is 2.21. The molecule has 10 nitrogen and oxygen atoms in total. The number of nitrogens with two attached hydrogens (primary N) is 2. The fourth-order valence-corrected chi connectivity index (χ4v) is 3.75. The average molecular weight is 506 g/mol. The van der Waals surface area contributed by atoms with E-state index in [1.54, 1.807) is 13.8 Å². The Hall–Kier alpha value is -2.98. The summed E-state index contributed by atoms with van der Waals surface area (Å²) in [7, 11) is 0. The van der Waals surface area contributed by atoms with E-state index in [2.05, 4.69) is 16.0 Å². The molecule has 3 amide bonds. The van der Waals surface area contributed by atoms with Crippen LogP contribution in [0.4, 0.5) is 0 Å². The van der Waals surface area contributed by atoms with Crippen LogP contribution in [-0.2, 0) is 25.6 Å². The molecule has 1 rings (SSSR count). The minimum atomic E-state index is -1.16. The van der Waals surface area contributed by atoms with Gasteiger partial charge in [0, 0.05) is 6.42 Å². The molecule has 10 heteroatoms. The van der Waals surface area contributed by atoms with Gasteiger partial charge < -0.3 is 32.5 Å². The minimum Gasteiger partial charge on any atom is -0.480 e. The molecule has 0 saturated carbocycles. The fraction of sp³-hybridized carbons (Fsp3) is 0.615. The monoisotopic (exact) mass is 505 g/mol. The summed E-state index contributed by atoms with van der Waals surface area (Å²) in [5, 5.41) is 17.5. The molecule has 0 bridgehead atoms. The van der Waals surface area contributed by atoms with E-state index >= 15 is 0 Å². The highest BCUT2D eigenvalue weighted by Gasteiger charge is 2.31. The van der Waals surface area contributed by atoms with Crippen molar-refractivity contribution in [3.05, 3.63) is 35.9 Å². The standard InChI is InChI=1S/C26H43N5O5/c1-16(2)14-19(28)23(32)29-20(12-8-9-13-27)24(33)30-21(15-18-10-6-5-7-11-18)25(34)31-22(17(3)4)26(35)36/h5-7,10-11,16-17,19-22H,8-9,12-15,27-28H2,1-4H3,(H,29,32)(H,30,33)(H,31,34)(H,35,36). The molecule has 1 aromatic rings. The molecule has 0 aliphatic rings. The first kappa shape index (κ1) is 31.1. The summed E-state index contributed by atoms with van der Waals surface area (Å²) in [6, 6.07) is 5.26. The fourth-order valence-electron chi connectivity index (χ4n) is 3.75. The van der Waals surface area contributed by atoms with Crippen molar-refractivity contribution in [2.75, 3.05) is 6.54 Å². The van der Waals surface area contributed by atoms with E-state index < -0.39 is 47.9 Å². The molecular formula is C26H43N5O5. The Morgan fingerprint density at radius 2 is 1.44 bits per heavy atom. The lowest BCUT2D eigenvalue weighted by Crippen LogP contribution is -2.58. The van der Waals surface area contributed by atoms with Gasteiger partial charge in [0.2, 0.25) is 17.7 Å². The lowest BCUT2D eigenvalue weighted by atomic mass is 10.0. The number of aliphatic carboxylic acids is 1. The largest absolute Gasteiger partial charge is 0.480 e. The van der Waals surface area contributed by atoms with Crippen LogP contribution in [0.1, 0.15) is 58.9 Å². The third kappa shape index (κ3) is 11.2. The molecule has 8 N–H and O–H groups in total. The lowest BCUT2D eigenvalue weighted by Gasteiger charge is -2.26. The molecule has 0 aromatic heterocycles. The Bertz CT molecular complexity index is 846. The van der Waals surface area contributed by atoms with Crippen LogP contribution >= 0.6 is 0 Å². The number of benzene rings is 1. The summed E-state index contributed by atoms with van der Waals surface area (Å²) in [5.74, 6) is -2.90. The lowest BCUT2D eigenvalue weighted by molar-refractivity contribution is -0.143. The second kappa shape index (κ2) is 15.9. The zero-order chi connectivity index (χ0) is 27.3. The second-order valence-corrected chi connectivity index (χ2v) is 9.90. The molecule has 1 aromatic carbocycles. The number of hydrogen-bond donors (Lipinski definition) is 6. The molecule has 0 saturated heterocycles. The number of nitrogens with one attached hydrogen (secondary N) is 3. The number of carboxylic acids is 1. The van der Waals surface area contributed by atoms with Crippen molar-refractivity contribution in [3.8, 4) is 0 Å². The number of amides is 3. The van der Waals surface area contributed by atoms with Crippen molar-refractivity contribution < 1.29 is 24.3 Å². The molecule has 0 aliphatic carbocycles. The highest BCUT2D eigenvalue weighted by Crippen LogP contribution is 2.09. The van der Waals surface area contributed by atoms with Gasteiger partial charge in [0.25, 0.3) is 0 Å². The van der Waals surface area contributed by atoms with Crippen LogP contribution in [0, 0.1) is 11.8 Å². The maximum atomic E-state index is 13.3. The van der Waals surface area contributed by atoms with E-state index in [0.29, 0.717) is 32.2 Å². The number of unbranched alkanes of at least 4 members (excludes halogenated alkanes) is 1. The molecule has 0 spiro atoms. The summed E-state index contributed by atoms with van der Waals surface area (Å²) in [4.78, 5) is 50.7. The van der Waals surface area contributed by atoms with Gasteiger partial charge in [-0.3, -0.25) is 14.4 Å². The van der Waals surface area contributed by atoms with Crippen molar-refractivity contribution in [1.82, 2.24) is 16.0 Å². The zero-order valence-electron chi connectivity index (χ0n) is 21.8. The third-order valence-electron chi connectivity index (χ3n) is 5.79. The maximum Gasteiger partial charge on any atom is 0.326 e. The molecule has 4 unspecified atom stereocenters. The van der Waals surface area contributed by atoms with Gasteiger partial charge in [-0.25, -0.2) is 4.79 Å². The molecule has 202 valence electrons. The third-order valence-corrected chi connectivity index (χ3v) is 5.79. The van der Waals surface area contributed by atoms with E-state index in [1.807, 2.05) is 44.2 Å². The molecule has 0 radical (unpaired) electrons. The molecule has 0 heterocycles. The number of carbonyl (C=O) groups is 4. The number of carboxylic acid groups (broad SMARTS) is 1. The molecule has 0 fully saturated rings. The number of hydrogen-bond acceptors (Lipinski definition) is 6. The highest BCUT2D eigenvalue weighted by atomic mass is 16.4. The van der Waals surface area contributed by atoms with Gasteiger partial charge in [0.05, 0.1) is 6.04 Å². The first-order chi connectivity index (χ1) is 17.0. The van der Waals surface area contributed by atoms with E-state index in [-0.39, 0.29) is 18.3 Å². The van der Waals surface area contributed by atoms with Crippen molar-refractivity contribution in [1.29, 1.82) is 0 Å². The van der Waals surface area contributed by atoms with Gasteiger partial charge in [-0.1, -0.05) is 58.0 Å². The number of rotatable bonds is 16. The summed E-state index contributed by atoms with van der Waals surface area (Å²) < 4.78 is 0. The van der Waals surface area contributed by atoms with E-state index in [9.17, 15) is 24.3 Å². The van der Waals surface area contributed by atoms with Gasteiger partial charge in [-0.05, 0) is 49.6 Å². The molecular weight excluding hydrogens is 462 g/mol. The Labute approximate surface area is 213 Å². The van der Waals surface area contributed by atoms with Crippen LogP contribution in [0.25, 0.3) is 0 Å². The first-order valence-electron chi connectivity index (χ1n) is 12.6. The van der Waals surface area contributed by atoms with Crippen LogP contribution in [0.2, 0.25) is 0 Å². The predicted molar refractivity (Wildman–Crippen MR) is 139 cm³/mol. The maximum absolute atomic E-state index is 13.3. The second-order valence-electron chi connectivity index (χ2n) is 9.90. The topological polar surface area (TPSA) is 177 Å². The van der Waals surface area contributed by atoms with Gasteiger partial charge in [-0.15, -0.1) is 0 Å². The SMILES string of the molecule is CC(C)CC(N)C(=O)NC(CCCCN)C(=O)NC(Cc1ccccc1)C(=O)NC(C(=O)O)C(C)C. The number of carbonyl (C=O) groups excluding carboxylic acids is 3. The summed E-state index contributed by atoms with van der Waals surface area (Å²) >= 11 is 0. The van der Waals surface area contributed by atoms with Crippen LogP contribution in [0.5, 0.6) is 0 Å². The van der Waals surface area contributed by atoms with Gasteiger partial charge in [0.15, 0.2) is 0 Å². The van der Waals surface area contributed by atoms with Crippen molar-refractivity contribution in [3.63, 3.8) is 0 Å². The van der Waals surface area contributed by atoms with Gasteiger partial charge in [-0.2, -0.15) is 0 Å². The highest BCUT2D eigenvalue weighted by molar-refractivity contribution is 5.94. The van der Waals surface area contributed by atoms with E-state index in [1.165, 1.54) is 0 Å². The minimum absolute atomic E-state index is 0.152. The average Bonchev–Trinajstić information content (AvgIpc) is 2.81. The van der Waals surface area contributed by atoms with Crippen LogP contribution in [-0.4, -0.2) is 59.5 Å². The molecule has 36 heavy (non-hydrogen) atoms. The van der Waals surface area contributed by atoms with Crippen molar-refractivity contribution >= 4 is 23.7 Å². The Morgan fingerprint density at radius 3 is 1.97 bits per heavy atom. The summed E-state index contributed by atoms with van der Waals surface area (Å²) in [6.45, 7) is 7.72. The quantitative estimate of drug-likeness (QED) is 0.181. The van der Waals surface area contributed by atoms with Crippen LogP contribution in [0.3, 0.4) is 0 Å². The Balaban J connectivity index is 3.10. The van der Waals surface area contributed by atoms with Crippen molar-refractivity contribution in [2.45, 2.75) is 84.0 Å². The van der Waals surface area contributed by atoms with Crippen LogP contribution < -0.4 is 27.4 Å². The molecule has 4 atom stereocenters. The smallest absolute Gasteiger partial charge is 0.326 e. The van der Waals surface area contributed by atoms with Crippen molar-refractivity contribution in [2.24, 2.45) is 23.3 Å². The predicted octanol–water partition coefficient (Wildman–Crippen LogP) is 0.927. The Kier molecular flexibility index (Phi) is 13.7. The van der Waals surface area contributed by atoms with Gasteiger partial charge in [0.1, 0.15) is 18.1 Å². The van der Waals surface area contributed by atoms with Gasteiger partial charge >= 0.3 is 5.97 Å². The van der Waals surface area contributed by atoms with Crippen LogP contribution in [0.15, 0.2) is 30.3 Å². The van der Waals surface area contributed by atoms with E-state index in [0.717, 1.165) is 5.56 Å². The molecule has 0 aliphatic heterocycles. The zero-order valence-corrected chi connectivity index (χ0v) is 21.8. The van der Waals surface area contributed by atoms with E-state index in [4.69, 9.17) is 11.5 Å². The summed E-state index contributed by atoms with van der Waals surface area (Å²) in [5.41, 5.74) is 12.4. The normalized spacial score (nSPS) is 14.6. The first-order valence-corrected chi connectivity index (χ1v) is 12.6. The Morgan fingerprint density at radius 1 is 0.861 bits per heavy atom.